The van der Waals surface area contributed by atoms with Crippen molar-refractivity contribution in [3.63, 3.8) is 0 Å². The Morgan fingerprint density at radius 3 is 1.13 bits per heavy atom. The lowest BCUT2D eigenvalue weighted by Crippen LogP contribution is -2.26. The molecule has 86 heavy (non-hydrogen) atoms. The van der Waals surface area contributed by atoms with Crippen molar-refractivity contribution in [2.24, 2.45) is 10.8 Å². The standard InChI is InChI=1S/C76H92N2O8/c1-73(2,3)61-33-31-53(49-63(61)77-69(79)51-59-55-23-9-13-27-65(55)85-66-28-14-10-24-56(59)66)37-45-75(39-17-7-18-40-75)43-21-47-83-71(81)35-36-72(82)84-48-22-44-76(41-19-8-20-42-76)46-38-54-32-34-62(74(4,5)6)64(50-54)78-70(80)52-60-57-25-11-15-29-67(57)86-68-30-16-12-26-58(60)68/h9-16,23-34,49-50,59-60H,7-8,17-22,35-48,51-52H2,1-6H3,(H,77,79)(H,78,80). The largest absolute Gasteiger partial charge is 0.466 e. The maximum atomic E-state index is 14.1. The number of esters is 2. The molecule has 2 heterocycles. The van der Waals surface area contributed by atoms with E-state index in [9.17, 15) is 19.2 Å². The van der Waals surface area contributed by atoms with E-state index in [2.05, 4.69) is 113 Å². The Morgan fingerprint density at radius 1 is 0.453 bits per heavy atom. The van der Waals surface area contributed by atoms with Gasteiger partial charge in [0, 0.05) is 58.3 Å². The Balaban J connectivity index is 0.665. The van der Waals surface area contributed by atoms with Gasteiger partial charge in [0.25, 0.3) is 0 Å². The minimum Gasteiger partial charge on any atom is -0.466 e. The van der Waals surface area contributed by atoms with E-state index >= 15 is 0 Å². The van der Waals surface area contributed by atoms with Crippen LogP contribution in [0.3, 0.4) is 0 Å². The summed E-state index contributed by atoms with van der Waals surface area (Å²) in [7, 11) is 0. The molecule has 2 saturated carbocycles. The zero-order chi connectivity index (χ0) is 60.3. The van der Waals surface area contributed by atoms with Crippen molar-refractivity contribution in [2.75, 3.05) is 23.8 Å². The quantitative estimate of drug-likeness (QED) is 0.0479. The normalized spacial score (nSPS) is 16.2. The van der Waals surface area contributed by atoms with Crippen molar-refractivity contribution >= 4 is 35.1 Å². The van der Waals surface area contributed by atoms with E-state index in [1.54, 1.807) is 0 Å². The fourth-order valence-corrected chi connectivity index (χ4v) is 14.5. The summed E-state index contributed by atoms with van der Waals surface area (Å²) in [6.45, 7) is 13.8. The number of anilines is 2. The van der Waals surface area contributed by atoms with Crippen LogP contribution in [0.5, 0.6) is 23.0 Å². The van der Waals surface area contributed by atoms with E-state index in [4.69, 9.17) is 18.9 Å². The van der Waals surface area contributed by atoms with Gasteiger partial charge in [-0.05, 0) is 157 Å². The van der Waals surface area contributed by atoms with Gasteiger partial charge >= 0.3 is 11.9 Å². The van der Waals surface area contributed by atoms with Gasteiger partial charge in [-0.25, -0.2) is 0 Å². The second-order valence-corrected chi connectivity index (χ2v) is 27.5. The number of nitrogens with one attached hydrogen (secondary N) is 2. The zero-order valence-corrected chi connectivity index (χ0v) is 52.1. The molecule has 2 aliphatic heterocycles. The minimum absolute atomic E-state index is 0.0148. The van der Waals surface area contributed by atoms with Crippen LogP contribution in [0.25, 0.3) is 0 Å². The third kappa shape index (κ3) is 15.7. The highest BCUT2D eigenvalue weighted by Gasteiger charge is 2.35. The maximum Gasteiger partial charge on any atom is 0.306 e. The number of carbonyl (C=O) groups excluding carboxylic acids is 4. The van der Waals surface area contributed by atoms with E-state index in [1.807, 2.05) is 72.8 Å². The van der Waals surface area contributed by atoms with Crippen LogP contribution < -0.4 is 20.1 Å². The van der Waals surface area contributed by atoms with Crippen LogP contribution in [0, 0.1) is 10.8 Å². The Bertz CT molecular complexity index is 3020. The van der Waals surface area contributed by atoms with Crippen molar-refractivity contribution in [3.05, 3.63) is 178 Å². The summed E-state index contributed by atoms with van der Waals surface area (Å²) < 4.78 is 24.0. The summed E-state index contributed by atoms with van der Waals surface area (Å²) in [5.74, 6) is 2.22. The first-order valence-electron chi connectivity index (χ1n) is 32.3. The molecule has 0 bridgehead atoms. The van der Waals surface area contributed by atoms with Crippen LogP contribution >= 0.6 is 0 Å². The highest BCUT2D eigenvalue weighted by Crippen LogP contribution is 2.49. The topological polar surface area (TPSA) is 129 Å². The molecular formula is C76H92N2O8. The summed E-state index contributed by atoms with van der Waals surface area (Å²) in [4.78, 5) is 54.2. The monoisotopic (exact) mass is 1160 g/mol. The van der Waals surface area contributed by atoms with Crippen LogP contribution in [0.4, 0.5) is 11.4 Å². The fourth-order valence-electron chi connectivity index (χ4n) is 14.5. The molecule has 454 valence electrons. The Labute approximate surface area is 511 Å². The third-order valence-corrected chi connectivity index (χ3v) is 19.2. The van der Waals surface area contributed by atoms with Gasteiger partial charge in [0.2, 0.25) is 11.8 Å². The zero-order valence-electron chi connectivity index (χ0n) is 52.1. The average molecular weight is 1160 g/mol. The van der Waals surface area contributed by atoms with Gasteiger partial charge in [-0.15, -0.1) is 0 Å². The lowest BCUT2D eigenvalue weighted by Gasteiger charge is -2.38. The molecule has 10 heteroatoms. The molecule has 6 aromatic carbocycles. The number of aryl methyl sites for hydroxylation is 2. The SMILES string of the molecule is CC(C)(C)c1ccc(CCC2(CCCOC(=O)CCC(=O)OCCCC3(CCc4ccc(C(C)(C)C)c(NC(=O)CC5c6ccccc6Oc6ccccc65)c4)CCCCC3)CCCCC2)cc1NC(=O)CC1c2ccccc2Oc2ccccc21. The molecular weight excluding hydrogens is 1070 g/mol. The molecule has 0 saturated heterocycles. The molecule has 2 fully saturated rings. The Hall–Kier alpha value is -7.20. The molecule has 2 aliphatic carbocycles. The van der Waals surface area contributed by atoms with Crippen LogP contribution in [-0.2, 0) is 52.3 Å². The van der Waals surface area contributed by atoms with Crippen molar-refractivity contribution in [1.29, 1.82) is 0 Å². The van der Waals surface area contributed by atoms with E-state index in [0.29, 0.717) is 26.1 Å². The van der Waals surface area contributed by atoms with Crippen LogP contribution in [0.1, 0.15) is 226 Å². The summed E-state index contributed by atoms with van der Waals surface area (Å²) in [6.07, 6.45) is 19.9. The molecule has 6 aromatic rings. The second kappa shape index (κ2) is 27.7. The molecule has 0 spiro atoms. The number of fused-ring (bicyclic) bond motifs is 4. The Kier molecular flexibility index (Phi) is 19.9. The molecule has 0 unspecified atom stereocenters. The molecule has 2 amide bonds. The summed E-state index contributed by atoms with van der Waals surface area (Å²) >= 11 is 0. The lowest BCUT2D eigenvalue weighted by molar-refractivity contribution is -0.150. The number of ether oxygens (including phenoxy) is 4. The summed E-state index contributed by atoms with van der Waals surface area (Å²) in [6, 6.07) is 45.3. The Morgan fingerprint density at radius 2 is 0.791 bits per heavy atom. The van der Waals surface area contributed by atoms with Gasteiger partial charge in [-0.2, -0.15) is 0 Å². The van der Waals surface area contributed by atoms with E-state index < -0.39 is 0 Å². The summed E-state index contributed by atoms with van der Waals surface area (Å²) in [5, 5.41) is 6.74. The van der Waals surface area contributed by atoms with E-state index in [-0.39, 0.29) is 70.1 Å². The van der Waals surface area contributed by atoms with Crippen molar-refractivity contribution in [1.82, 2.24) is 0 Å². The van der Waals surface area contributed by atoms with Gasteiger partial charge in [0.1, 0.15) is 23.0 Å². The molecule has 10 rings (SSSR count). The average Bonchev–Trinajstić information content (AvgIpc) is 1.39. The maximum absolute atomic E-state index is 14.1. The van der Waals surface area contributed by atoms with Gasteiger partial charge in [-0.1, -0.05) is 177 Å². The van der Waals surface area contributed by atoms with E-state index in [0.717, 1.165) is 145 Å². The van der Waals surface area contributed by atoms with Crippen molar-refractivity contribution in [3.8, 4) is 23.0 Å². The predicted octanol–water partition coefficient (Wildman–Crippen LogP) is 18.7. The molecule has 2 N–H and O–H groups in total. The first-order valence-corrected chi connectivity index (χ1v) is 32.3. The van der Waals surface area contributed by atoms with Crippen LogP contribution in [0.2, 0.25) is 0 Å². The molecule has 10 nitrogen and oxygen atoms in total. The van der Waals surface area contributed by atoms with E-state index in [1.165, 1.54) is 49.7 Å². The van der Waals surface area contributed by atoms with Gasteiger partial charge in [0.05, 0.1) is 26.1 Å². The number of rotatable bonds is 23. The fraction of sp³-hybridized carbons (Fsp3) is 0.474. The highest BCUT2D eigenvalue weighted by atomic mass is 16.5. The minimum atomic E-state index is -0.353. The van der Waals surface area contributed by atoms with Gasteiger partial charge in [0.15, 0.2) is 0 Å². The smallest absolute Gasteiger partial charge is 0.306 e. The first-order chi connectivity index (χ1) is 41.4. The van der Waals surface area contributed by atoms with Crippen LogP contribution in [-0.4, -0.2) is 37.0 Å². The number of para-hydroxylation sites is 4. The number of amides is 2. The van der Waals surface area contributed by atoms with Crippen molar-refractivity contribution < 1.29 is 38.1 Å². The number of hydrogen-bond donors (Lipinski definition) is 2. The number of hydrogen-bond acceptors (Lipinski definition) is 8. The van der Waals surface area contributed by atoms with Gasteiger partial charge in [-0.3, -0.25) is 19.2 Å². The number of carbonyl (C=O) groups is 4. The lowest BCUT2D eigenvalue weighted by atomic mass is 9.68. The van der Waals surface area contributed by atoms with Gasteiger partial charge < -0.3 is 29.6 Å². The molecule has 0 aromatic heterocycles. The predicted molar refractivity (Wildman–Crippen MR) is 344 cm³/mol. The highest BCUT2D eigenvalue weighted by molar-refractivity contribution is 5.94. The second-order valence-electron chi connectivity index (χ2n) is 27.5. The third-order valence-electron chi connectivity index (χ3n) is 19.2. The van der Waals surface area contributed by atoms with Crippen molar-refractivity contribution in [2.45, 2.75) is 205 Å². The first kappa shape index (κ1) is 61.9. The number of benzene rings is 6. The molecule has 4 aliphatic rings. The molecule has 0 radical (unpaired) electrons. The molecule has 0 atom stereocenters. The van der Waals surface area contributed by atoms with Crippen LogP contribution in [0.15, 0.2) is 133 Å². The summed E-state index contributed by atoms with van der Waals surface area (Å²) in [5.41, 5.74) is 10.5.